The Balaban J connectivity index is 5.60. The summed E-state index contributed by atoms with van der Waals surface area (Å²) >= 11 is 0. The van der Waals surface area contributed by atoms with Crippen molar-refractivity contribution < 1.29 is 115 Å². The second-order valence-corrected chi connectivity index (χ2v) is 26.3. The summed E-state index contributed by atoms with van der Waals surface area (Å²) in [5.74, 6) is 0. The second kappa shape index (κ2) is 15.9. The van der Waals surface area contributed by atoms with Gasteiger partial charge in [-0.2, -0.15) is 0 Å². The van der Waals surface area contributed by atoms with E-state index in [-0.39, 0.29) is 4.90 Å². The van der Waals surface area contributed by atoms with Crippen LogP contribution in [0.15, 0.2) is 0 Å². The molecule has 0 aromatic heterocycles. The predicted octanol–water partition coefficient (Wildman–Crippen LogP) is -4.15. The zero-order valence-electron chi connectivity index (χ0n) is 25.0. The lowest BCUT2D eigenvalue weighted by atomic mass is 9.71. The van der Waals surface area contributed by atoms with Crippen LogP contribution in [0.3, 0.4) is 0 Å². The van der Waals surface area contributed by atoms with E-state index in [2.05, 4.69) is 0 Å². The van der Waals surface area contributed by atoms with Crippen LogP contribution in [0.25, 0.3) is 0 Å². The Kier molecular flexibility index (Phi) is 15.6. The van der Waals surface area contributed by atoms with Gasteiger partial charge in [-0.05, 0) is 32.4 Å². The van der Waals surface area contributed by atoms with Gasteiger partial charge >= 0.3 is 60.8 Å². The predicted molar refractivity (Wildman–Crippen MR) is 167 cm³/mol. The molecule has 1 saturated heterocycles. The maximum absolute atomic E-state index is 13.3. The number of piperazine rings is 1. The lowest BCUT2D eigenvalue weighted by molar-refractivity contribution is -0.118. The lowest BCUT2D eigenvalue weighted by Crippen LogP contribution is -2.86. The van der Waals surface area contributed by atoms with Crippen molar-refractivity contribution in [3.63, 3.8) is 0 Å². The minimum absolute atomic E-state index is 0.210. The van der Waals surface area contributed by atoms with E-state index in [9.17, 15) is 115 Å². The molecule has 0 bridgehead atoms. The molecule has 20 N–H and O–H groups in total. The largest absolute Gasteiger partial charge is 0.355 e. The van der Waals surface area contributed by atoms with Gasteiger partial charge in [0, 0.05) is 19.6 Å². The standard InChI is InChI=1S/C14H40N4O24P8/c15-4-1-3-13(9(43(19,20)21)44(22,23)24)14(10(45(25,26)27)46(28,29)30,11(47(31,32)33)48(34,35)36)18(8-7-17(13)6-2-5-16)12(49(37,38)39)50(40,41)42/h9-12H,1-8,15-16H2,(H2,19,20,21)(H2,22,23,24)(H2,25,26,27)(H2,28,29,30)(H2,31,32,33)(H2,34,35,36)(H2,37,38,39)(H2,40,41,42). The molecule has 50 heavy (non-hydrogen) atoms. The Hall–Kier alpha value is 1.04. The summed E-state index contributed by atoms with van der Waals surface area (Å²) in [6.45, 7) is -5.62. The van der Waals surface area contributed by atoms with Crippen molar-refractivity contribution in [1.82, 2.24) is 9.80 Å². The number of rotatable bonds is 18. The summed E-state index contributed by atoms with van der Waals surface area (Å²) < 4.78 is 106. The molecule has 1 heterocycles. The number of nitrogens with two attached hydrogens (primary N) is 2. The normalized spacial score (nSPS) is 21.6. The van der Waals surface area contributed by atoms with Crippen molar-refractivity contribution in [2.24, 2.45) is 11.5 Å². The van der Waals surface area contributed by atoms with Gasteiger partial charge in [-0.3, -0.25) is 46.3 Å². The van der Waals surface area contributed by atoms with Gasteiger partial charge in [0.25, 0.3) is 0 Å². The van der Waals surface area contributed by atoms with E-state index in [4.69, 9.17) is 11.5 Å². The van der Waals surface area contributed by atoms with Crippen molar-refractivity contribution in [3.8, 4) is 0 Å². The molecule has 0 aromatic carbocycles. The van der Waals surface area contributed by atoms with Crippen molar-refractivity contribution in [2.45, 2.75) is 52.1 Å². The zero-order valence-corrected chi connectivity index (χ0v) is 32.2. The van der Waals surface area contributed by atoms with Crippen molar-refractivity contribution in [2.75, 3.05) is 32.7 Å². The molecular formula is C14H40N4O24P8. The molecule has 0 aliphatic carbocycles. The number of hydrogen-bond donors (Lipinski definition) is 18. The van der Waals surface area contributed by atoms with E-state index in [0.29, 0.717) is 0 Å². The van der Waals surface area contributed by atoms with E-state index < -0.39 is 150 Å². The summed E-state index contributed by atoms with van der Waals surface area (Å²) in [6, 6.07) is 0. The van der Waals surface area contributed by atoms with Gasteiger partial charge in [0.15, 0.2) is 16.2 Å². The highest BCUT2D eigenvalue weighted by Crippen LogP contribution is 2.82. The smallest absolute Gasteiger partial charge is 0.330 e. The van der Waals surface area contributed by atoms with Gasteiger partial charge in [0.2, 0.25) is 5.52 Å². The molecule has 1 unspecified atom stereocenters. The van der Waals surface area contributed by atoms with Crippen LogP contribution in [0.4, 0.5) is 0 Å². The number of nitrogens with zero attached hydrogens (tertiary/aromatic N) is 2. The Morgan fingerprint density at radius 1 is 0.480 bits per heavy atom. The third kappa shape index (κ3) is 10.1. The van der Waals surface area contributed by atoms with E-state index in [1.807, 2.05) is 0 Å². The average Bonchev–Trinajstić information content (AvgIpc) is 2.77. The third-order valence-corrected chi connectivity index (χ3v) is 23.0. The molecule has 1 atom stereocenters. The van der Waals surface area contributed by atoms with Crippen molar-refractivity contribution in [3.05, 3.63) is 0 Å². The van der Waals surface area contributed by atoms with Crippen LogP contribution in [-0.4, -0.2) is 154 Å². The summed E-state index contributed by atoms with van der Waals surface area (Å²) in [5, 5.41) is -13.6. The first-order chi connectivity index (χ1) is 21.8. The molecule has 1 fully saturated rings. The second-order valence-electron chi connectivity index (χ2n) is 11.1. The van der Waals surface area contributed by atoms with Gasteiger partial charge < -0.3 is 89.8 Å². The van der Waals surface area contributed by atoms with Crippen LogP contribution in [0, 0.1) is 0 Å². The fraction of sp³-hybridized carbons (Fsp3) is 1.00. The molecule has 1 aliphatic rings. The maximum atomic E-state index is 13.3. The van der Waals surface area contributed by atoms with Gasteiger partial charge in [-0.1, -0.05) is 0 Å². The van der Waals surface area contributed by atoms with E-state index in [1.54, 1.807) is 0 Å². The highest BCUT2D eigenvalue weighted by Gasteiger charge is 2.85. The monoisotopic (exact) mass is 896 g/mol. The molecule has 1 rings (SSSR count). The highest BCUT2D eigenvalue weighted by atomic mass is 31.3. The quantitative estimate of drug-likeness (QED) is 0.0581. The lowest BCUT2D eigenvalue weighted by Gasteiger charge is -2.69. The minimum atomic E-state index is -7.30. The van der Waals surface area contributed by atoms with E-state index >= 15 is 0 Å². The van der Waals surface area contributed by atoms with Crippen LogP contribution < -0.4 is 11.5 Å². The zero-order chi connectivity index (χ0) is 40.1. The van der Waals surface area contributed by atoms with Crippen LogP contribution in [0.1, 0.15) is 19.3 Å². The molecule has 36 heteroatoms. The molecule has 0 amide bonds. The minimum Gasteiger partial charge on any atom is -0.330 e. The van der Waals surface area contributed by atoms with Gasteiger partial charge in [-0.25, -0.2) is 0 Å². The molecule has 0 aromatic rings. The number of hydrogen-bond acceptors (Lipinski definition) is 12. The average molecular weight is 896 g/mol. The van der Waals surface area contributed by atoms with Gasteiger partial charge in [0.05, 0.1) is 11.1 Å². The molecule has 0 spiro atoms. The van der Waals surface area contributed by atoms with E-state index in [0.717, 1.165) is 0 Å². The summed E-state index contributed by atoms with van der Waals surface area (Å²) in [5.41, 5.74) is -2.95. The molecule has 0 radical (unpaired) electrons. The van der Waals surface area contributed by atoms with E-state index in [1.165, 1.54) is 0 Å². The summed E-state index contributed by atoms with van der Waals surface area (Å²) in [4.78, 5) is 167. The van der Waals surface area contributed by atoms with Crippen LogP contribution in [-0.2, 0) is 36.5 Å². The molecule has 28 nitrogen and oxygen atoms in total. The fourth-order valence-electron chi connectivity index (χ4n) is 6.85. The van der Waals surface area contributed by atoms with Crippen LogP contribution in [0.2, 0.25) is 0 Å². The Bertz CT molecular complexity index is 1480. The molecule has 0 saturated carbocycles. The summed E-state index contributed by atoms with van der Waals surface area (Å²) in [7, 11) is -56.8. The first kappa shape index (κ1) is 49.1. The highest BCUT2D eigenvalue weighted by molar-refractivity contribution is 7.74. The SMILES string of the molecule is NCCCN1CCN(C(P(=O)(O)O)P(=O)(O)O)C(C(P(=O)(O)O)P(=O)(O)O)(C(P(=O)(O)O)P(=O)(O)O)C1(CCCN)C(P(=O)(O)O)P(=O)(O)O. The topological polar surface area (TPSA) is 519 Å². The first-order valence-corrected chi connectivity index (χ1v) is 26.6. The first-order valence-electron chi connectivity index (χ1n) is 13.2. The maximum Gasteiger partial charge on any atom is 0.355 e. The third-order valence-electron chi connectivity index (χ3n) is 7.74. The van der Waals surface area contributed by atoms with Crippen LogP contribution >= 0.6 is 60.8 Å². The molecule has 300 valence electrons. The fourth-order valence-corrected chi connectivity index (χ4v) is 21.2. The van der Waals surface area contributed by atoms with Crippen LogP contribution in [0.5, 0.6) is 0 Å². The van der Waals surface area contributed by atoms with Crippen molar-refractivity contribution in [1.29, 1.82) is 0 Å². The Labute approximate surface area is 281 Å². The van der Waals surface area contributed by atoms with Gasteiger partial charge in [0.1, 0.15) is 0 Å². The Morgan fingerprint density at radius 2 is 0.800 bits per heavy atom. The molecule has 1 aliphatic heterocycles. The van der Waals surface area contributed by atoms with Gasteiger partial charge in [-0.15, -0.1) is 0 Å². The van der Waals surface area contributed by atoms with Crippen molar-refractivity contribution >= 4 is 60.8 Å². The Morgan fingerprint density at radius 3 is 1.06 bits per heavy atom. The molecular weight excluding hydrogens is 856 g/mol. The summed E-state index contributed by atoms with van der Waals surface area (Å²) in [6.07, 6.45) is -3.44.